The molecule has 26 heteroatoms. The molecule has 2 N–H and O–H groups in total. The van der Waals surface area contributed by atoms with Gasteiger partial charge >= 0.3 is 29.6 Å². The number of nitrogens with zero attached hydrogens (tertiary/aromatic N) is 7. The van der Waals surface area contributed by atoms with E-state index in [4.69, 9.17) is 21.7 Å². The number of hydrogen-bond acceptors (Lipinski definition) is 21. The third kappa shape index (κ3) is 12.8. The van der Waals surface area contributed by atoms with Gasteiger partial charge in [-0.05, 0) is 84.6 Å². The Labute approximate surface area is 439 Å². The molecule has 0 atom stereocenters. The van der Waals surface area contributed by atoms with Gasteiger partial charge in [0.25, 0.3) is 40.5 Å². The van der Waals surface area contributed by atoms with Gasteiger partial charge in [0.2, 0.25) is 5.95 Å². The molecule has 0 bridgehead atoms. The fourth-order valence-electron chi connectivity index (χ4n) is 7.28. The summed E-state index contributed by atoms with van der Waals surface area (Å²) in [6, 6.07) is 24.2. The Balaban J connectivity index is 0.00000481. The second kappa shape index (κ2) is 23.5. The molecule has 0 unspecified atom stereocenters. The maximum absolute atomic E-state index is 12.9. The first-order valence-corrected chi connectivity index (χ1v) is 26.3. The molecule has 0 amide bonds. The van der Waals surface area contributed by atoms with Crippen molar-refractivity contribution in [3.05, 3.63) is 138 Å². The van der Waals surface area contributed by atoms with Crippen molar-refractivity contribution in [2.75, 3.05) is 46.9 Å². The van der Waals surface area contributed by atoms with Crippen molar-refractivity contribution in [2.24, 2.45) is 20.5 Å². The zero-order valence-corrected chi connectivity index (χ0v) is 45.4. The van der Waals surface area contributed by atoms with E-state index in [-0.39, 0.29) is 121 Å². The molecule has 6 aromatic carbocycles. The molecule has 0 aliphatic heterocycles. The van der Waals surface area contributed by atoms with Crippen molar-refractivity contribution < 1.29 is 85.1 Å². The van der Waals surface area contributed by atoms with E-state index in [9.17, 15) is 38.8 Å². The maximum atomic E-state index is 12.9. The molecule has 0 radical (unpaired) electrons. The summed E-state index contributed by atoms with van der Waals surface area (Å²) in [6.45, 7) is 3.61. The monoisotopic (exact) mass is 1070 g/mol. The zero-order valence-electron chi connectivity index (χ0n) is 40.2. The molecular formula is C46H47N8NaO13S4. The second-order valence-electron chi connectivity index (χ2n) is 15.2. The Bertz CT molecular complexity index is 3480. The second-order valence-corrected chi connectivity index (χ2v) is 21.9. The molecule has 0 saturated carbocycles. The Kier molecular flexibility index (Phi) is 18.8. The van der Waals surface area contributed by atoms with E-state index < -0.39 is 40.5 Å². The fraction of sp³-hybridized carbons (Fsp3) is 0.217. The molecule has 7 aromatic rings. The first-order valence-electron chi connectivity index (χ1n) is 20.7. The first kappa shape index (κ1) is 57.4. The Morgan fingerprint density at radius 3 is 1.25 bits per heavy atom. The van der Waals surface area contributed by atoms with Crippen LogP contribution < -0.4 is 34.9 Å². The molecule has 0 spiro atoms. The summed E-state index contributed by atoms with van der Waals surface area (Å²) in [5, 5.41) is 30.0. The minimum atomic E-state index is -4.31. The van der Waals surface area contributed by atoms with E-state index in [0.717, 1.165) is 39.6 Å². The number of fused-ring (bicyclic) bond motifs is 2. The molecule has 374 valence electrons. The normalized spacial score (nSPS) is 12.4. The van der Waals surface area contributed by atoms with Gasteiger partial charge in [0.15, 0.2) is 0 Å². The van der Waals surface area contributed by atoms with Gasteiger partial charge in [-0.3, -0.25) is 16.7 Å². The van der Waals surface area contributed by atoms with Crippen LogP contribution >= 0.6 is 0 Å². The number of nitrogens with one attached hydrogen (secondary N) is 1. The molecule has 7 rings (SSSR count). The molecule has 1 heterocycles. The molecule has 0 aliphatic carbocycles. The van der Waals surface area contributed by atoms with Gasteiger partial charge in [-0.25, -0.2) is 4.98 Å². The van der Waals surface area contributed by atoms with Crippen LogP contribution in [0.3, 0.4) is 0 Å². The van der Waals surface area contributed by atoms with Crippen molar-refractivity contribution in [2.45, 2.75) is 46.3 Å². The van der Waals surface area contributed by atoms with Gasteiger partial charge < -0.3 is 17.8 Å². The number of aryl methyl sites for hydroxylation is 2. The summed E-state index contributed by atoms with van der Waals surface area (Å²) in [7, 11) is -13.1. The van der Waals surface area contributed by atoms with Crippen LogP contribution in [0.15, 0.2) is 137 Å². The number of aliphatic hydroxyl groups excluding tert-OH is 1. The third-order valence-electron chi connectivity index (χ3n) is 10.7. The van der Waals surface area contributed by atoms with Crippen molar-refractivity contribution in [1.82, 2.24) is 15.0 Å². The number of hydrogen-bond donors (Lipinski definition) is 2. The molecule has 1 aromatic heterocycles. The van der Waals surface area contributed by atoms with Crippen LogP contribution in [0.4, 0.5) is 28.7 Å². The Morgan fingerprint density at radius 2 is 0.889 bits per heavy atom. The minimum absolute atomic E-state index is 0. The quantitative estimate of drug-likeness (QED) is 0.0466. The number of aliphatic hydroxyl groups is 1. The van der Waals surface area contributed by atoms with Crippen LogP contribution in [0, 0.1) is 21.3 Å². The standard InChI is InChI=1S/C45H44N8O13S4.CH3.Na/c1-27-19-29(13-15-37(27)52-50-31-23-35-33(41(25-31)69(59,60)65-5)9-7-11-39(35)67(55,56)63-3)21-43-47-44(49-45(48-43)46-17-18-54)22-30-14-16-38(28(2)20-30)53-51-32-24-36-34(42(26-32)70(61,62)66-6)10-8-12-40(36)68(57,58)64-4;;/h7-16,19-20,23-26,54H,17-18,21-22H2,1-6H3,(H,46,47,48,49);1H3;/q;-1;+1. The SMILES string of the molecule is COS(=O)(=O)c1cc(N=Nc2ccc(Cc3nc(Cc4ccc(N=Nc5cc(S(=O)(=O)OC)c6cccc(S(=O)(=O)OC)c6c5)c(C)c4)nc(NCCO)n3)cc2C)cc2c(S(=O)(=O)OC)cccc12.[CH3-].[Na+]. The van der Waals surface area contributed by atoms with Gasteiger partial charge in [-0.1, -0.05) is 48.5 Å². The zero-order chi connectivity index (χ0) is 50.6. The predicted molar refractivity (Wildman–Crippen MR) is 263 cm³/mol. The van der Waals surface area contributed by atoms with Crippen LogP contribution in [-0.4, -0.2) is 95.3 Å². The van der Waals surface area contributed by atoms with Gasteiger partial charge in [0, 0.05) is 40.9 Å². The average molecular weight is 1070 g/mol. The van der Waals surface area contributed by atoms with E-state index in [1.807, 2.05) is 12.1 Å². The van der Waals surface area contributed by atoms with Crippen LogP contribution in [0.25, 0.3) is 21.5 Å². The number of aromatic nitrogens is 3. The minimum Gasteiger partial charge on any atom is -0.395 e. The van der Waals surface area contributed by atoms with Crippen LogP contribution in [0.2, 0.25) is 0 Å². The molecule has 72 heavy (non-hydrogen) atoms. The number of benzene rings is 6. The van der Waals surface area contributed by atoms with E-state index in [1.165, 1.54) is 60.7 Å². The van der Waals surface area contributed by atoms with Gasteiger partial charge in [0.1, 0.15) is 31.2 Å². The summed E-state index contributed by atoms with van der Waals surface area (Å²) in [5.74, 6) is 1.08. The summed E-state index contributed by atoms with van der Waals surface area (Å²) >= 11 is 0. The summed E-state index contributed by atoms with van der Waals surface area (Å²) in [5.41, 5.74) is 3.94. The van der Waals surface area contributed by atoms with Crippen LogP contribution in [0.5, 0.6) is 0 Å². The van der Waals surface area contributed by atoms with E-state index in [1.54, 1.807) is 38.1 Å². The van der Waals surface area contributed by atoms with Crippen molar-refractivity contribution in [3.8, 4) is 0 Å². The third-order valence-corrected chi connectivity index (χ3v) is 16.0. The first-order chi connectivity index (χ1) is 33.2. The number of azo groups is 2. The van der Waals surface area contributed by atoms with Crippen molar-refractivity contribution >= 4 is 90.7 Å². The van der Waals surface area contributed by atoms with Gasteiger partial charge in [-0.15, -0.1) is 0 Å². The summed E-state index contributed by atoms with van der Waals surface area (Å²) in [4.78, 5) is 12.7. The smallest absolute Gasteiger partial charge is 0.395 e. The van der Waals surface area contributed by atoms with Crippen LogP contribution in [0.1, 0.15) is 33.9 Å². The molecule has 0 saturated heterocycles. The summed E-state index contributed by atoms with van der Waals surface area (Å²) < 4.78 is 122. The van der Waals surface area contributed by atoms with E-state index in [2.05, 4.69) is 35.7 Å². The topological polar surface area (TPSA) is 294 Å². The van der Waals surface area contributed by atoms with Crippen LogP contribution in [-0.2, 0) is 70.0 Å². The van der Waals surface area contributed by atoms with Crippen molar-refractivity contribution in [3.63, 3.8) is 0 Å². The average Bonchev–Trinajstić information content (AvgIpc) is 3.34. The Hall–Kier alpha value is -5.55. The molecule has 0 fully saturated rings. The molecule has 21 nitrogen and oxygen atoms in total. The maximum Gasteiger partial charge on any atom is 1.00 e. The fourth-order valence-corrected chi connectivity index (χ4v) is 10.8. The largest absolute Gasteiger partial charge is 1.00 e. The summed E-state index contributed by atoms with van der Waals surface area (Å²) in [6.07, 6.45) is 0.529. The molecule has 0 aliphatic rings. The van der Waals surface area contributed by atoms with Gasteiger partial charge in [-0.2, -0.15) is 64.1 Å². The van der Waals surface area contributed by atoms with E-state index >= 15 is 0 Å². The van der Waals surface area contributed by atoms with Crippen molar-refractivity contribution in [1.29, 1.82) is 0 Å². The van der Waals surface area contributed by atoms with Gasteiger partial charge in [0.05, 0.1) is 57.8 Å². The number of anilines is 1. The Morgan fingerprint density at radius 1 is 0.500 bits per heavy atom. The number of rotatable bonds is 19. The van der Waals surface area contributed by atoms with E-state index in [0.29, 0.717) is 34.2 Å². The predicted octanol–water partition coefficient (Wildman–Crippen LogP) is 5.01. The molecular weight excluding hydrogens is 1020 g/mol.